The van der Waals surface area contributed by atoms with Crippen LogP contribution in [0.4, 0.5) is 18.0 Å². The van der Waals surface area contributed by atoms with E-state index in [1.54, 1.807) is 80.5 Å². The molecule has 0 aliphatic carbocycles. The number of Topliss-reactive ketones (excluding diaryl/α,β-unsaturated/α-hetero) is 1. The van der Waals surface area contributed by atoms with Crippen LogP contribution in [-0.2, 0) is 81.3 Å². The molecule has 4 aliphatic heterocycles. The fourth-order valence-corrected chi connectivity index (χ4v) is 13.6. The fourth-order valence-electron chi connectivity index (χ4n) is 12.3. The predicted molar refractivity (Wildman–Crippen MR) is 321 cm³/mol. The lowest BCUT2D eigenvalue weighted by Crippen LogP contribution is -2.59. The van der Waals surface area contributed by atoms with Crippen molar-refractivity contribution in [3.63, 3.8) is 0 Å². The van der Waals surface area contributed by atoms with Crippen molar-refractivity contribution in [2.24, 2.45) is 46.6 Å². The quantitative estimate of drug-likeness (QED) is 0.0566. The van der Waals surface area contributed by atoms with E-state index < -0.39 is 180 Å². The molecule has 5 rings (SSSR count). The summed E-state index contributed by atoms with van der Waals surface area (Å²) in [5, 5.41) is 29.2. The first-order valence-corrected chi connectivity index (χ1v) is 32.6. The van der Waals surface area contributed by atoms with Gasteiger partial charge in [0.1, 0.15) is 36.6 Å². The second kappa shape index (κ2) is 32.8. The smallest absolute Gasteiger partial charge is 0.425 e. The van der Waals surface area contributed by atoms with Crippen molar-refractivity contribution in [3.8, 4) is 0 Å². The second-order valence-electron chi connectivity index (χ2n) is 26.5. The molecule has 516 valence electrons. The Morgan fingerprint density at radius 2 is 1.49 bits per heavy atom. The molecule has 24 nitrogen and oxygen atoms in total. The average molecular weight is 1310 g/mol. The van der Waals surface area contributed by atoms with Gasteiger partial charge in [-0.15, -0.1) is 0 Å². The van der Waals surface area contributed by atoms with Gasteiger partial charge < -0.3 is 77.4 Å². The van der Waals surface area contributed by atoms with E-state index in [9.17, 15) is 41.4 Å². The van der Waals surface area contributed by atoms with Crippen LogP contribution in [0.2, 0.25) is 0 Å². The second-order valence-corrected chi connectivity index (χ2v) is 28.3. The number of carbonyl (C=O) groups is 4. The molecule has 4 fully saturated rings. The van der Waals surface area contributed by atoms with Gasteiger partial charge in [-0.3, -0.25) is 14.4 Å². The minimum atomic E-state index is -4.76. The zero-order valence-electron chi connectivity index (χ0n) is 55.4. The van der Waals surface area contributed by atoms with Gasteiger partial charge in [0.15, 0.2) is 30.3 Å². The Morgan fingerprint density at radius 1 is 0.844 bits per heavy atom. The number of oxime groups is 1. The van der Waals surface area contributed by atoms with Gasteiger partial charge >= 0.3 is 24.2 Å². The van der Waals surface area contributed by atoms with E-state index in [4.69, 9.17) is 52.1 Å². The van der Waals surface area contributed by atoms with Crippen molar-refractivity contribution in [2.45, 2.75) is 244 Å². The Hall–Kier alpha value is -4.17. The number of nitrogens with zero attached hydrogens (tertiary/aromatic N) is 2. The number of methoxy groups -OCH3 is 2. The Kier molecular flexibility index (Phi) is 27.9. The number of aliphatic hydroxyl groups excluding tert-OH is 2. The molecule has 0 spiro atoms. The third-order valence-electron chi connectivity index (χ3n) is 17.3. The molecule has 4 aliphatic rings. The van der Waals surface area contributed by atoms with Crippen molar-refractivity contribution in [3.05, 3.63) is 30.3 Å². The first-order valence-electron chi connectivity index (χ1n) is 31.1. The summed E-state index contributed by atoms with van der Waals surface area (Å²) in [4.78, 5) is 67.1. The van der Waals surface area contributed by atoms with Crippen LogP contribution in [0, 0.1) is 41.4 Å². The monoisotopic (exact) mass is 1310 g/mol. The summed E-state index contributed by atoms with van der Waals surface area (Å²) in [6, 6.07) is 7.47. The molecule has 0 aromatic heterocycles. The van der Waals surface area contributed by atoms with Gasteiger partial charge in [-0.05, 0) is 92.8 Å². The molecule has 1 unspecified atom stereocenters. The summed E-state index contributed by atoms with van der Waals surface area (Å²) in [5.41, 5.74) is -3.85. The van der Waals surface area contributed by atoms with Crippen LogP contribution in [0.1, 0.15) is 130 Å². The molecule has 0 saturated carbocycles. The van der Waals surface area contributed by atoms with Crippen LogP contribution in [0.5, 0.6) is 0 Å². The summed E-state index contributed by atoms with van der Waals surface area (Å²) in [5.74, 6) is -9.02. The molecular weight excluding hydrogens is 1210 g/mol. The maximum Gasteiger partial charge on any atom is 0.425 e. The van der Waals surface area contributed by atoms with Crippen molar-refractivity contribution < 1.29 is 108 Å². The standard InChI is InChI=1S/C62H101F3N4O20S/c1-32(2)24-45(70)85-51-39(9)50(34(4)29-80-58-54(79-18)53(78-17)47(71)42(12)84-58)87-56(74)41(11)52(86-46-25-35(5)69(16)28-37(7)82-46)38(8)49(88-57-48(72)44(26-36(6)83-57)68-81-31-62(63,64)65)33(3)27-61(15,55(73)40(51)10)89-59(75)67-60(13,14)30-66-90(76,77)43-22-20-19-21-23-43/h19-23,32-42,46-54,57-58,66,71-72H,24-31H2,1-18H3,(H,67,75)/b68-44+/t33-,34-,35?,36+,37-,38+,39-,40+,41+,42+,46-,47+,48+,49-,50+,51+,52-,53+,54+,57-,58+,61-/m0/s1. The Bertz CT molecular complexity index is 2630. The number of benzene rings is 1. The van der Waals surface area contributed by atoms with Gasteiger partial charge in [-0.25, -0.2) is 17.9 Å². The van der Waals surface area contributed by atoms with Crippen molar-refractivity contribution in [2.75, 3.05) is 47.6 Å². The molecule has 1 aromatic carbocycles. The third kappa shape index (κ3) is 20.9. The molecule has 1 aromatic rings. The zero-order chi connectivity index (χ0) is 67.5. The molecule has 1 amide bonds. The number of ketones is 1. The first kappa shape index (κ1) is 76.5. The summed E-state index contributed by atoms with van der Waals surface area (Å²) in [7, 11) is 0.676. The number of hydrogen-bond acceptors (Lipinski definition) is 22. The molecule has 22 atom stereocenters. The maximum absolute atomic E-state index is 16.1. The van der Waals surface area contributed by atoms with Gasteiger partial charge in [-0.2, -0.15) is 13.2 Å². The number of likely N-dealkylation sites (N-methyl/N-ethyl adjacent to an activating group) is 1. The van der Waals surface area contributed by atoms with E-state index in [0.717, 1.165) is 0 Å². The van der Waals surface area contributed by atoms with Crippen molar-refractivity contribution in [1.29, 1.82) is 0 Å². The van der Waals surface area contributed by atoms with Gasteiger partial charge in [0.2, 0.25) is 16.6 Å². The predicted octanol–water partition coefficient (Wildman–Crippen LogP) is 6.70. The number of rotatable bonds is 21. The summed E-state index contributed by atoms with van der Waals surface area (Å²) < 4.78 is 139. The number of hydrogen-bond donors (Lipinski definition) is 4. The molecule has 28 heteroatoms. The number of alkyl carbamates (subject to hydrolysis) is 1. The van der Waals surface area contributed by atoms with E-state index >= 15 is 9.59 Å². The largest absolute Gasteiger partial charge is 0.461 e. The van der Waals surface area contributed by atoms with Gasteiger partial charge in [0.05, 0.1) is 65.1 Å². The molecule has 0 bridgehead atoms. The lowest BCUT2D eigenvalue weighted by Gasteiger charge is -2.45. The molecule has 4 heterocycles. The number of ether oxygens (including phenoxy) is 11. The zero-order valence-corrected chi connectivity index (χ0v) is 56.2. The van der Waals surface area contributed by atoms with Gasteiger partial charge in [0.25, 0.3) is 0 Å². The number of amides is 1. The molecule has 90 heavy (non-hydrogen) atoms. The van der Waals surface area contributed by atoms with Crippen LogP contribution in [0.25, 0.3) is 0 Å². The third-order valence-corrected chi connectivity index (χ3v) is 18.7. The minimum Gasteiger partial charge on any atom is -0.461 e. The lowest BCUT2D eigenvalue weighted by molar-refractivity contribution is -0.305. The normalized spacial score (nSPS) is 36.7. The van der Waals surface area contributed by atoms with Crippen molar-refractivity contribution >= 4 is 39.6 Å². The Labute approximate surface area is 528 Å². The van der Waals surface area contributed by atoms with Crippen LogP contribution < -0.4 is 10.0 Å². The average Bonchev–Trinajstić information content (AvgIpc) is 0.933. The number of carbonyl (C=O) groups excluding carboxylic acids is 4. The van der Waals surface area contributed by atoms with Crippen molar-refractivity contribution in [1.82, 2.24) is 14.9 Å². The topological polar surface area (TPSA) is 293 Å². The summed E-state index contributed by atoms with van der Waals surface area (Å²) in [6.07, 6.45) is -22.0. The van der Waals surface area contributed by atoms with Gasteiger partial charge in [-0.1, -0.05) is 71.8 Å². The molecule has 4 saturated heterocycles. The van der Waals surface area contributed by atoms with E-state index in [1.165, 1.54) is 54.0 Å². The number of nitrogens with one attached hydrogen (secondary N) is 2. The number of aliphatic hydroxyl groups is 2. The number of alkyl halides is 3. The molecule has 4 N–H and O–H groups in total. The van der Waals surface area contributed by atoms with E-state index in [1.807, 2.05) is 20.9 Å². The first-order chi connectivity index (χ1) is 41.8. The van der Waals surface area contributed by atoms with Crippen LogP contribution >= 0.6 is 0 Å². The van der Waals surface area contributed by atoms with E-state index in [2.05, 4.69) is 24.9 Å². The number of cyclic esters (lactones) is 1. The number of esters is 2. The van der Waals surface area contributed by atoms with E-state index in [-0.39, 0.29) is 54.7 Å². The highest BCUT2D eigenvalue weighted by atomic mass is 32.2. The molecular formula is C62H101F3N4O20S. The Balaban J connectivity index is 1.72. The highest BCUT2D eigenvalue weighted by Crippen LogP contribution is 2.41. The summed E-state index contributed by atoms with van der Waals surface area (Å²) in [6.45, 7) is 23.2. The van der Waals surface area contributed by atoms with Crippen LogP contribution in [0.15, 0.2) is 40.4 Å². The van der Waals surface area contributed by atoms with Crippen LogP contribution in [0.3, 0.4) is 0 Å². The minimum absolute atomic E-state index is 0.0278. The van der Waals surface area contributed by atoms with Crippen LogP contribution in [-0.4, -0.2) is 210 Å². The Morgan fingerprint density at radius 3 is 2.10 bits per heavy atom. The lowest BCUT2D eigenvalue weighted by atomic mass is 9.74. The number of halogens is 3. The highest BCUT2D eigenvalue weighted by molar-refractivity contribution is 7.89. The fraction of sp³-hybridized carbons (Fsp3) is 0.823. The maximum atomic E-state index is 16.1. The molecule has 0 radical (unpaired) electrons. The summed E-state index contributed by atoms with van der Waals surface area (Å²) >= 11 is 0. The van der Waals surface area contributed by atoms with E-state index in [0.29, 0.717) is 13.0 Å². The highest BCUT2D eigenvalue weighted by Gasteiger charge is 2.53. The SMILES string of the molecule is CO[C@@H]1[C@H](O)[C@@H](C)O[C@@H](OC[C@H](C)[C@H]2OC(=O)[C@H](C)[C@@H](O[C@H]3CC(C)N(C)C[C@H](C)O3)[C@H](C)[C@@H](O[C@@H]3O[C@H](C)C/C(=N\OCC(F)(F)F)[C@H]3O)[C@@H](C)C[C@](C)(OC(=O)NC(C)(C)CNS(=O)(=O)c3ccccc3)C(=O)[C@H](C)[C@H](OC(=O)CC(C)C)[C@H]2C)[C@@H]1OC. The van der Waals surface area contributed by atoms with Gasteiger partial charge in [0, 0.05) is 70.4 Å². The number of sulfonamides is 1.